The van der Waals surface area contributed by atoms with E-state index < -0.39 is 56.9 Å². The second-order valence-corrected chi connectivity index (χ2v) is 13.4. The number of sulfonamides is 1. The molecule has 7 nitrogen and oxygen atoms in total. The van der Waals surface area contributed by atoms with Gasteiger partial charge in [0, 0.05) is 17.6 Å². The molecule has 3 aromatic rings. The average molecular weight is 671 g/mol. The standard InChI is InChI=1S/C31H32Cl2F3N3O4S/c1-21(30(41)37-24-8-4-2-5-9-24)38(19-22-12-14-23(32)15-13-22)29(40)20-39(44(42,43)26-10-6-3-7-11-26)25-16-17-28(33)27(18-25)31(34,35)36/h3,6-7,10-18,21,24H,2,4-5,8-9,19-20H2,1H3,(H,37,41)/t21-/m1/s1. The third-order valence-corrected chi connectivity index (χ3v) is 9.91. The van der Waals surface area contributed by atoms with E-state index in [4.69, 9.17) is 23.2 Å². The van der Waals surface area contributed by atoms with E-state index in [0.717, 1.165) is 44.2 Å². The summed E-state index contributed by atoms with van der Waals surface area (Å²) in [5.41, 5.74) is -1.05. The van der Waals surface area contributed by atoms with E-state index in [1.165, 1.54) is 36.1 Å². The monoisotopic (exact) mass is 669 g/mol. The topological polar surface area (TPSA) is 86.8 Å². The maximum absolute atomic E-state index is 14.0. The van der Waals surface area contributed by atoms with Crippen LogP contribution in [0.25, 0.3) is 0 Å². The van der Waals surface area contributed by atoms with Crippen LogP contribution in [0.5, 0.6) is 0 Å². The number of benzene rings is 3. The zero-order valence-electron chi connectivity index (χ0n) is 23.9. The number of nitrogens with one attached hydrogen (secondary N) is 1. The highest BCUT2D eigenvalue weighted by Gasteiger charge is 2.37. The third-order valence-electron chi connectivity index (χ3n) is 7.54. The Morgan fingerprint density at radius 3 is 2.20 bits per heavy atom. The average Bonchev–Trinajstić information content (AvgIpc) is 2.99. The number of carbonyl (C=O) groups excluding carboxylic acids is 2. The molecule has 0 bridgehead atoms. The molecule has 4 rings (SSSR count). The number of carbonyl (C=O) groups is 2. The van der Waals surface area contributed by atoms with Gasteiger partial charge in [-0.3, -0.25) is 13.9 Å². The van der Waals surface area contributed by atoms with E-state index in [2.05, 4.69) is 5.32 Å². The first kappa shape index (κ1) is 33.6. The van der Waals surface area contributed by atoms with Crippen LogP contribution in [0.15, 0.2) is 77.7 Å². The Bertz CT molecular complexity index is 1570. The lowest BCUT2D eigenvalue weighted by atomic mass is 9.95. The smallest absolute Gasteiger partial charge is 0.352 e. The molecule has 0 aliphatic heterocycles. The lowest BCUT2D eigenvalue weighted by Gasteiger charge is -2.33. The van der Waals surface area contributed by atoms with Crippen LogP contribution >= 0.6 is 23.2 Å². The van der Waals surface area contributed by atoms with Crippen molar-refractivity contribution in [2.75, 3.05) is 10.8 Å². The zero-order valence-corrected chi connectivity index (χ0v) is 26.2. The molecule has 44 heavy (non-hydrogen) atoms. The van der Waals surface area contributed by atoms with Gasteiger partial charge in [0.1, 0.15) is 12.6 Å². The van der Waals surface area contributed by atoms with Crippen LogP contribution in [0.4, 0.5) is 18.9 Å². The quantitative estimate of drug-likeness (QED) is 0.250. The van der Waals surface area contributed by atoms with Gasteiger partial charge in [-0.25, -0.2) is 8.42 Å². The molecule has 1 fully saturated rings. The molecule has 1 atom stereocenters. The first-order chi connectivity index (χ1) is 20.8. The summed E-state index contributed by atoms with van der Waals surface area (Å²) in [6.45, 7) is 0.569. The van der Waals surface area contributed by atoms with Gasteiger partial charge in [0.05, 0.1) is 21.2 Å². The summed E-state index contributed by atoms with van der Waals surface area (Å²) in [5, 5.41) is 2.83. The van der Waals surface area contributed by atoms with Crippen LogP contribution in [0, 0.1) is 0 Å². The highest BCUT2D eigenvalue weighted by molar-refractivity contribution is 7.92. The van der Waals surface area contributed by atoms with Crippen LogP contribution in [0.2, 0.25) is 10.0 Å². The van der Waals surface area contributed by atoms with E-state index in [9.17, 15) is 31.2 Å². The minimum absolute atomic E-state index is 0.0454. The molecule has 1 saturated carbocycles. The lowest BCUT2D eigenvalue weighted by molar-refractivity contribution is -0.139. The molecule has 0 spiro atoms. The summed E-state index contributed by atoms with van der Waals surface area (Å²) in [7, 11) is -4.55. The summed E-state index contributed by atoms with van der Waals surface area (Å²) in [5.74, 6) is -1.21. The molecule has 1 N–H and O–H groups in total. The Labute approximate surface area is 265 Å². The van der Waals surface area contributed by atoms with Crippen molar-refractivity contribution < 1.29 is 31.2 Å². The van der Waals surface area contributed by atoms with Gasteiger partial charge < -0.3 is 10.2 Å². The van der Waals surface area contributed by atoms with Gasteiger partial charge in [0.2, 0.25) is 11.8 Å². The van der Waals surface area contributed by atoms with Crippen LogP contribution in [0.3, 0.4) is 0 Å². The lowest BCUT2D eigenvalue weighted by Crippen LogP contribution is -2.53. The molecular weight excluding hydrogens is 638 g/mol. The molecule has 3 aromatic carbocycles. The molecule has 13 heteroatoms. The highest BCUT2D eigenvalue weighted by Crippen LogP contribution is 2.38. The first-order valence-corrected chi connectivity index (χ1v) is 16.3. The minimum atomic E-state index is -4.88. The van der Waals surface area contributed by atoms with Crippen molar-refractivity contribution in [3.8, 4) is 0 Å². The molecular formula is C31H32Cl2F3N3O4S. The maximum Gasteiger partial charge on any atom is 0.417 e. The largest absolute Gasteiger partial charge is 0.417 e. The third kappa shape index (κ3) is 8.25. The van der Waals surface area contributed by atoms with E-state index >= 15 is 0 Å². The van der Waals surface area contributed by atoms with Gasteiger partial charge in [-0.05, 0) is 67.8 Å². The Hall–Kier alpha value is -3.28. The van der Waals surface area contributed by atoms with Crippen LogP contribution in [-0.4, -0.2) is 43.8 Å². The number of alkyl halides is 3. The Morgan fingerprint density at radius 1 is 0.955 bits per heavy atom. The second kappa shape index (κ2) is 14.2. The van der Waals surface area contributed by atoms with E-state index in [1.807, 2.05) is 0 Å². The van der Waals surface area contributed by atoms with Gasteiger partial charge in [-0.1, -0.05) is 72.8 Å². The van der Waals surface area contributed by atoms with Crippen molar-refractivity contribution in [2.45, 2.75) is 68.7 Å². The minimum Gasteiger partial charge on any atom is -0.352 e. The number of amides is 2. The van der Waals surface area contributed by atoms with Gasteiger partial charge in [0.15, 0.2) is 0 Å². The van der Waals surface area contributed by atoms with Crippen molar-refractivity contribution in [2.24, 2.45) is 0 Å². The van der Waals surface area contributed by atoms with Crippen molar-refractivity contribution in [3.05, 3.63) is 94.0 Å². The van der Waals surface area contributed by atoms with Crippen molar-refractivity contribution in [1.82, 2.24) is 10.2 Å². The molecule has 0 heterocycles. The first-order valence-electron chi connectivity index (χ1n) is 14.1. The molecule has 0 radical (unpaired) electrons. The van der Waals surface area contributed by atoms with E-state index in [1.54, 1.807) is 30.3 Å². The zero-order chi connectivity index (χ0) is 32.1. The number of nitrogens with zero attached hydrogens (tertiary/aromatic N) is 2. The normalized spacial score (nSPS) is 15.0. The number of anilines is 1. The highest BCUT2D eigenvalue weighted by atomic mass is 35.5. The molecule has 236 valence electrons. The Morgan fingerprint density at radius 2 is 1.59 bits per heavy atom. The van der Waals surface area contributed by atoms with Gasteiger partial charge in [-0.2, -0.15) is 13.2 Å². The number of hydrogen-bond acceptors (Lipinski definition) is 4. The van der Waals surface area contributed by atoms with Crippen molar-refractivity contribution >= 4 is 50.7 Å². The summed E-state index contributed by atoms with van der Waals surface area (Å²) < 4.78 is 69.6. The van der Waals surface area contributed by atoms with Gasteiger partial charge >= 0.3 is 6.18 Å². The molecule has 1 aliphatic rings. The van der Waals surface area contributed by atoms with Gasteiger partial charge in [-0.15, -0.1) is 0 Å². The Kier molecular flexibility index (Phi) is 10.9. The van der Waals surface area contributed by atoms with Crippen LogP contribution in [-0.2, 0) is 32.3 Å². The van der Waals surface area contributed by atoms with Crippen molar-refractivity contribution in [1.29, 1.82) is 0 Å². The fourth-order valence-electron chi connectivity index (χ4n) is 5.07. The molecule has 1 aliphatic carbocycles. The second-order valence-electron chi connectivity index (χ2n) is 10.7. The molecule has 0 unspecified atom stereocenters. The summed E-state index contributed by atoms with van der Waals surface area (Å²) in [6, 6.07) is 15.2. The van der Waals surface area contributed by atoms with Crippen LogP contribution < -0.4 is 9.62 Å². The van der Waals surface area contributed by atoms with Crippen molar-refractivity contribution in [3.63, 3.8) is 0 Å². The van der Waals surface area contributed by atoms with E-state index in [-0.39, 0.29) is 17.5 Å². The number of halogens is 5. The van der Waals surface area contributed by atoms with E-state index in [0.29, 0.717) is 21.0 Å². The number of hydrogen-bond donors (Lipinski definition) is 1. The molecule has 0 saturated heterocycles. The van der Waals surface area contributed by atoms with Gasteiger partial charge in [0.25, 0.3) is 10.0 Å². The predicted octanol–water partition coefficient (Wildman–Crippen LogP) is 7.07. The Balaban J connectivity index is 1.73. The van der Waals surface area contributed by atoms with Crippen LogP contribution in [0.1, 0.15) is 50.2 Å². The fourth-order valence-corrected chi connectivity index (χ4v) is 6.85. The molecule has 0 aromatic heterocycles. The SMILES string of the molecule is C[C@H](C(=O)NC1CCCCC1)N(Cc1ccc(Cl)cc1)C(=O)CN(c1ccc(Cl)c(C(F)(F)F)c1)S(=O)(=O)c1ccccc1. The summed E-state index contributed by atoms with van der Waals surface area (Å²) in [4.78, 5) is 28.4. The predicted molar refractivity (Wildman–Crippen MR) is 164 cm³/mol. The fraction of sp³-hybridized carbons (Fsp3) is 0.355. The summed E-state index contributed by atoms with van der Waals surface area (Å²) in [6.07, 6.45) is -0.239. The summed E-state index contributed by atoms with van der Waals surface area (Å²) >= 11 is 11.8. The molecule has 2 amide bonds. The number of rotatable bonds is 10. The maximum atomic E-state index is 14.0.